The van der Waals surface area contributed by atoms with Crippen LogP contribution in [0.2, 0.25) is 0 Å². The van der Waals surface area contributed by atoms with Gasteiger partial charge in [0, 0.05) is 54.8 Å². The van der Waals surface area contributed by atoms with Crippen molar-refractivity contribution in [2.75, 3.05) is 19.5 Å². The van der Waals surface area contributed by atoms with E-state index >= 15 is 0 Å². The number of anilines is 1. The van der Waals surface area contributed by atoms with E-state index in [1.165, 1.54) is 0 Å². The van der Waals surface area contributed by atoms with Crippen molar-refractivity contribution in [2.24, 2.45) is 0 Å². The fourth-order valence-electron chi connectivity index (χ4n) is 3.91. The van der Waals surface area contributed by atoms with Crippen LogP contribution in [0.4, 0.5) is 5.69 Å². The molecule has 1 N–H and O–H groups in total. The molecule has 0 aliphatic carbocycles. The van der Waals surface area contributed by atoms with Crippen LogP contribution in [-0.2, 0) is 11.2 Å². The first-order valence-electron chi connectivity index (χ1n) is 10.9. The third-order valence-corrected chi connectivity index (χ3v) is 5.47. The number of nitrogens with one attached hydrogen (secondary N) is 1. The van der Waals surface area contributed by atoms with Crippen LogP contribution >= 0.6 is 0 Å². The average Bonchev–Trinajstić information content (AvgIpc) is 3.22. The first-order chi connectivity index (χ1) is 16.4. The maximum Gasteiger partial charge on any atom is 0.300 e. The van der Waals surface area contributed by atoms with Gasteiger partial charge in [0.15, 0.2) is 0 Å². The third-order valence-electron chi connectivity index (χ3n) is 5.47. The molecular weight excluding hydrogens is 434 g/mol. The largest absolute Gasteiger partial charge is 0.497 e. The van der Waals surface area contributed by atoms with Gasteiger partial charge in [0.05, 0.1) is 14.2 Å². The summed E-state index contributed by atoms with van der Waals surface area (Å²) >= 11 is 0. The van der Waals surface area contributed by atoms with E-state index in [4.69, 9.17) is 9.47 Å². The summed E-state index contributed by atoms with van der Waals surface area (Å²) in [6.07, 6.45) is 4.84. The number of methoxy groups -OCH3 is 2. The highest BCUT2D eigenvalue weighted by Gasteiger charge is 2.13. The molecule has 4 rings (SSSR count). The monoisotopic (exact) mass is 461 g/mol. The number of aryl methyl sites for hydroxylation is 3. The number of hydrogen-bond donors (Lipinski definition) is 1. The molecule has 2 heterocycles. The minimum atomic E-state index is -0.240. The van der Waals surface area contributed by atoms with Crippen LogP contribution in [0, 0.1) is 13.8 Å². The van der Waals surface area contributed by atoms with E-state index in [0.717, 1.165) is 16.8 Å². The van der Waals surface area contributed by atoms with E-state index < -0.39 is 0 Å². The van der Waals surface area contributed by atoms with Crippen molar-refractivity contribution in [3.8, 4) is 17.2 Å². The molecule has 4 aromatic rings. The Hall–Kier alpha value is -4.14. The molecule has 0 saturated heterocycles. The topological polar surface area (TPSA) is 99.8 Å². The van der Waals surface area contributed by atoms with Crippen molar-refractivity contribution in [2.45, 2.75) is 33.1 Å². The molecule has 0 saturated carbocycles. The number of amides is 1. The molecule has 2 aromatic heterocycles. The van der Waals surface area contributed by atoms with Gasteiger partial charge in [-0.1, -0.05) is 6.07 Å². The fraction of sp³-hybridized carbons (Fsp3) is 0.280. The number of carbonyl (C=O) groups is 1. The van der Waals surface area contributed by atoms with E-state index in [2.05, 4.69) is 21.6 Å². The van der Waals surface area contributed by atoms with E-state index in [1.807, 2.05) is 26.0 Å². The molecule has 1 amide bonds. The molecule has 0 atom stereocenters. The molecule has 34 heavy (non-hydrogen) atoms. The molecule has 0 aliphatic heterocycles. The van der Waals surface area contributed by atoms with Crippen LogP contribution in [0.5, 0.6) is 11.5 Å². The molecule has 2 aromatic carbocycles. The third kappa shape index (κ3) is 4.93. The van der Waals surface area contributed by atoms with Gasteiger partial charge in [-0.2, -0.15) is 0 Å². The van der Waals surface area contributed by atoms with Crippen molar-refractivity contribution >= 4 is 17.2 Å². The lowest BCUT2D eigenvalue weighted by Crippen LogP contribution is -2.20. The molecule has 0 fully saturated rings. The average molecular weight is 462 g/mol. The normalized spacial score (nSPS) is 10.9. The highest BCUT2D eigenvalue weighted by molar-refractivity contribution is 5.91. The van der Waals surface area contributed by atoms with Gasteiger partial charge in [0.25, 0.3) is 0 Å². The molecule has 0 bridgehead atoms. The molecule has 0 radical (unpaired) electrons. The number of fused-ring (bicyclic) bond motifs is 1. The van der Waals surface area contributed by atoms with Crippen molar-refractivity contribution in [3.05, 3.63) is 76.1 Å². The van der Waals surface area contributed by atoms with Gasteiger partial charge < -0.3 is 14.8 Å². The summed E-state index contributed by atoms with van der Waals surface area (Å²) < 4.78 is 13.7. The summed E-state index contributed by atoms with van der Waals surface area (Å²) in [7, 11) is 3.11. The zero-order chi connectivity index (χ0) is 24.2. The zero-order valence-corrected chi connectivity index (χ0v) is 19.7. The van der Waals surface area contributed by atoms with Gasteiger partial charge in [-0.3, -0.25) is 18.6 Å². The number of benzene rings is 2. The maximum absolute atomic E-state index is 13.0. The Kier molecular flexibility index (Phi) is 6.62. The van der Waals surface area contributed by atoms with Crippen LogP contribution < -0.4 is 20.3 Å². The first-order valence-corrected chi connectivity index (χ1v) is 10.9. The smallest absolute Gasteiger partial charge is 0.300 e. The number of ether oxygens (including phenoxy) is 2. The second-order valence-corrected chi connectivity index (χ2v) is 8.13. The Morgan fingerprint density at radius 3 is 2.26 bits per heavy atom. The van der Waals surface area contributed by atoms with E-state index in [-0.39, 0.29) is 23.5 Å². The molecule has 9 heteroatoms. The number of hydrogen-bond acceptors (Lipinski definition) is 6. The fourth-order valence-corrected chi connectivity index (χ4v) is 3.91. The van der Waals surface area contributed by atoms with Gasteiger partial charge in [-0.15, -0.1) is 10.2 Å². The number of aromatic nitrogens is 4. The predicted molar refractivity (Wildman–Crippen MR) is 129 cm³/mol. The highest BCUT2D eigenvalue weighted by atomic mass is 16.5. The minimum absolute atomic E-state index is 0.138. The second kappa shape index (κ2) is 9.78. The van der Waals surface area contributed by atoms with Gasteiger partial charge >= 0.3 is 5.56 Å². The Morgan fingerprint density at radius 1 is 0.941 bits per heavy atom. The van der Waals surface area contributed by atoms with Crippen molar-refractivity contribution in [3.63, 3.8) is 0 Å². The summed E-state index contributed by atoms with van der Waals surface area (Å²) in [5.74, 6) is 1.68. The summed E-state index contributed by atoms with van der Waals surface area (Å²) in [4.78, 5) is 25.4. The Morgan fingerprint density at radius 2 is 1.62 bits per heavy atom. The van der Waals surface area contributed by atoms with Crippen LogP contribution in [0.1, 0.15) is 29.8 Å². The van der Waals surface area contributed by atoms with E-state index in [0.29, 0.717) is 35.9 Å². The van der Waals surface area contributed by atoms with Gasteiger partial charge in [-0.05, 0) is 43.5 Å². The number of carbonyl (C=O) groups excluding carboxylic acids is 1. The van der Waals surface area contributed by atoms with E-state index in [1.54, 1.807) is 53.8 Å². The van der Waals surface area contributed by atoms with Crippen LogP contribution in [0.15, 0.2) is 53.6 Å². The van der Waals surface area contributed by atoms with Gasteiger partial charge in [0.2, 0.25) is 11.6 Å². The lowest BCUT2D eigenvalue weighted by molar-refractivity contribution is -0.116. The maximum atomic E-state index is 13.0. The number of nitrogens with zero attached hydrogens (tertiary/aromatic N) is 4. The Balaban J connectivity index is 1.44. The van der Waals surface area contributed by atoms with Crippen molar-refractivity contribution in [1.82, 2.24) is 19.2 Å². The first kappa shape index (κ1) is 23.0. The Labute approximate surface area is 197 Å². The highest BCUT2D eigenvalue weighted by Crippen LogP contribution is 2.26. The molecule has 0 spiro atoms. The van der Waals surface area contributed by atoms with Crippen LogP contribution in [0.3, 0.4) is 0 Å². The molecule has 0 aliphatic rings. The van der Waals surface area contributed by atoms with Crippen molar-refractivity contribution in [1.29, 1.82) is 0 Å². The van der Waals surface area contributed by atoms with Crippen molar-refractivity contribution < 1.29 is 14.3 Å². The van der Waals surface area contributed by atoms with Gasteiger partial charge in [0.1, 0.15) is 17.3 Å². The number of rotatable bonds is 8. The lowest BCUT2D eigenvalue weighted by Gasteiger charge is -2.10. The van der Waals surface area contributed by atoms with E-state index in [9.17, 15) is 9.59 Å². The zero-order valence-electron chi connectivity index (χ0n) is 19.7. The molecule has 0 unspecified atom stereocenters. The molecule has 9 nitrogen and oxygen atoms in total. The summed E-state index contributed by atoms with van der Waals surface area (Å²) in [5, 5.41) is 11.1. The lowest BCUT2D eigenvalue weighted by atomic mass is 10.1. The standard InChI is InChI=1S/C25H27N5O4/c1-16-10-17(2)12-19(11-16)29-8-9-30-22(27-28-24(30)25(29)32)6-5-7-23(31)26-18-13-20(33-3)15-21(14-18)34-4/h8-15H,5-7H2,1-4H3,(H,26,31). The second-order valence-electron chi connectivity index (χ2n) is 8.13. The minimum Gasteiger partial charge on any atom is -0.497 e. The summed E-state index contributed by atoms with van der Waals surface area (Å²) in [6.45, 7) is 3.99. The SMILES string of the molecule is COc1cc(NC(=O)CCCc2nnc3c(=O)n(-c4cc(C)cc(C)c4)ccn23)cc(OC)c1. The molecule has 176 valence electrons. The van der Waals surface area contributed by atoms with Crippen LogP contribution in [0.25, 0.3) is 11.3 Å². The quantitative estimate of drug-likeness (QED) is 0.431. The predicted octanol–water partition coefficient (Wildman–Crippen LogP) is 3.48. The van der Waals surface area contributed by atoms with Crippen LogP contribution in [-0.4, -0.2) is 39.3 Å². The van der Waals surface area contributed by atoms with Gasteiger partial charge in [-0.25, -0.2) is 0 Å². The molecular formula is C25H27N5O4. The Bertz CT molecular complexity index is 1360. The summed E-state index contributed by atoms with van der Waals surface area (Å²) in [6, 6.07) is 11.2. The summed E-state index contributed by atoms with van der Waals surface area (Å²) in [5.41, 5.74) is 3.56.